The molecule has 0 aliphatic carbocycles. The summed E-state index contributed by atoms with van der Waals surface area (Å²) in [7, 11) is 0. The molecule has 1 N–H and O–H groups in total. The van der Waals surface area contributed by atoms with Crippen molar-refractivity contribution in [3.63, 3.8) is 0 Å². The summed E-state index contributed by atoms with van der Waals surface area (Å²) in [4.78, 5) is 11.9. The number of benzene rings is 1. The molecule has 0 heterocycles. The van der Waals surface area contributed by atoms with Gasteiger partial charge in [-0.2, -0.15) is 0 Å². The largest absolute Gasteiger partial charge is 0.351 e. The van der Waals surface area contributed by atoms with E-state index in [4.69, 9.17) is 11.6 Å². The fourth-order valence-corrected chi connectivity index (χ4v) is 2.09. The van der Waals surface area contributed by atoms with Crippen LogP contribution in [0, 0.1) is 5.41 Å². The maximum atomic E-state index is 11.9. The molecule has 0 spiro atoms. The van der Waals surface area contributed by atoms with Gasteiger partial charge in [0.25, 0.3) is 5.91 Å². The Hall–Kier alpha value is -0.0600. The number of halogens is 3. The summed E-state index contributed by atoms with van der Waals surface area (Å²) in [5.41, 5.74) is 0.526. The molecule has 5 heteroatoms. The van der Waals surface area contributed by atoms with Gasteiger partial charge in [-0.15, -0.1) is 0 Å². The predicted molar refractivity (Wildman–Crippen MR) is 79.1 cm³/mol. The molecule has 0 bridgehead atoms. The lowest BCUT2D eigenvalue weighted by molar-refractivity contribution is 0.0940. The lowest BCUT2D eigenvalue weighted by Gasteiger charge is -2.22. The average molecular weight is 384 g/mol. The van der Waals surface area contributed by atoms with Gasteiger partial charge in [0, 0.05) is 16.3 Å². The highest BCUT2D eigenvalue weighted by molar-refractivity contribution is 9.10. The predicted octanol–water partition coefficient (Wildman–Crippen LogP) is 4.25. The van der Waals surface area contributed by atoms with Gasteiger partial charge >= 0.3 is 0 Å². The van der Waals surface area contributed by atoms with E-state index >= 15 is 0 Å². The Morgan fingerprint density at radius 3 is 2.65 bits per heavy atom. The van der Waals surface area contributed by atoms with Crippen molar-refractivity contribution >= 4 is 49.4 Å². The molecule has 0 saturated heterocycles. The highest BCUT2D eigenvalue weighted by Gasteiger charge is 2.18. The van der Waals surface area contributed by atoms with Crippen molar-refractivity contribution in [1.82, 2.24) is 5.32 Å². The number of rotatable bonds is 4. The first-order valence-corrected chi connectivity index (χ1v) is 7.44. The van der Waals surface area contributed by atoms with E-state index in [0.29, 0.717) is 17.1 Å². The van der Waals surface area contributed by atoms with Gasteiger partial charge in [-0.05, 0) is 23.6 Å². The van der Waals surface area contributed by atoms with Crippen molar-refractivity contribution in [2.75, 3.05) is 11.9 Å². The molecule has 1 amide bonds. The van der Waals surface area contributed by atoms with Crippen LogP contribution in [-0.2, 0) is 0 Å². The van der Waals surface area contributed by atoms with Gasteiger partial charge in [0.05, 0.1) is 10.6 Å². The average Bonchev–Trinajstić information content (AvgIpc) is 2.26. The normalized spacial score (nSPS) is 11.4. The Balaban J connectivity index is 2.71. The number of nitrogens with one attached hydrogen (secondary N) is 1. The van der Waals surface area contributed by atoms with Crippen molar-refractivity contribution in [1.29, 1.82) is 0 Å². The fourth-order valence-electron chi connectivity index (χ4n) is 1.14. The van der Waals surface area contributed by atoms with Crippen LogP contribution < -0.4 is 5.32 Å². The van der Waals surface area contributed by atoms with Crippen LogP contribution in [0.2, 0.25) is 5.02 Å². The number of carbonyl (C=O) groups excluding carboxylic acids is 1. The van der Waals surface area contributed by atoms with E-state index in [1.54, 1.807) is 18.2 Å². The van der Waals surface area contributed by atoms with Crippen molar-refractivity contribution in [3.05, 3.63) is 33.3 Å². The Morgan fingerprint density at radius 1 is 1.47 bits per heavy atom. The van der Waals surface area contributed by atoms with Gasteiger partial charge in [-0.3, -0.25) is 4.79 Å². The van der Waals surface area contributed by atoms with E-state index in [1.165, 1.54) is 0 Å². The summed E-state index contributed by atoms with van der Waals surface area (Å²) in [5.74, 6) is -0.142. The van der Waals surface area contributed by atoms with Gasteiger partial charge < -0.3 is 5.32 Å². The monoisotopic (exact) mass is 381 g/mol. The smallest absolute Gasteiger partial charge is 0.252 e. The summed E-state index contributed by atoms with van der Waals surface area (Å²) in [6, 6.07) is 5.23. The Kier molecular flexibility index (Phi) is 5.48. The Bertz CT molecular complexity index is 421. The molecular formula is C12H14Br2ClNO. The van der Waals surface area contributed by atoms with Crippen molar-refractivity contribution in [2.45, 2.75) is 13.8 Å². The van der Waals surface area contributed by atoms with E-state index in [1.807, 2.05) is 0 Å². The summed E-state index contributed by atoms with van der Waals surface area (Å²) >= 11 is 12.7. The van der Waals surface area contributed by atoms with E-state index < -0.39 is 0 Å². The zero-order valence-electron chi connectivity index (χ0n) is 9.69. The topological polar surface area (TPSA) is 29.1 Å². The zero-order valence-corrected chi connectivity index (χ0v) is 13.6. The molecule has 94 valence electrons. The van der Waals surface area contributed by atoms with Gasteiger partial charge in [0.1, 0.15) is 0 Å². The summed E-state index contributed by atoms with van der Waals surface area (Å²) in [6.45, 7) is 4.75. The van der Waals surface area contributed by atoms with Crippen LogP contribution in [0.15, 0.2) is 22.7 Å². The highest BCUT2D eigenvalue weighted by Crippen LogP contribution is 2.22. The SMILES string of the molecule is CC(C)(CBr)CNC(=O)c1ccc(Br)cc1Cl. The summed E-state index contributed by atoms with van der Waals surface area (Å²) in [5, 5.41) is 4.16. The minimum atomic E-state index is -0.142. The van der Waals surface area contributed by atoms with Crippen LogP contribution in [-0.4, -0.2) is 17.8 Å². The Morgan fingerprint density at radius 2 is 2.12 bits per heavy atom. The van der Waals surface area contributed by atoms with Gasteiger partial charge in [0.15, 0.2) is 0 Å². The summed E-state index contributed by atoms with van der Waals surface area (Å²) < 4.78 is 0.861. The lowest BCUT2D eigenvalue weighted by Crippen LogP contribution is -2.35. The van der Waals surface area contributed by atoms with Crippen LogP contribution in [0.1, 0.15) is 24.2 Å². The number of carbonyl (C=O) groups is 1. The van der Waals surface area contributed by atoms with Crippen molar-refractivity contribution < 1.29 is 4.79 Å². The molecular weight excluding hydrogens is 369 g/mol. The molecule has 1 aromatic carbocycles. The van der Waals surface area contributed by atoms with Crippen LogP contribution in [0.4, 0.5) is 0 Å². The third kappa shape index (κ3) is 4.60. The molecule has 1 aromatic rings. The van der Waals surface area contributed by atoms with Crippen molar-refractivity contribution in [2.24, 2.45) is 5.41 Å². The number of alkyl halides is 1. The quantitative estimate of drug-likeness (QED) is 0.774. The van der Waals surface area contributed by atoms with Crippen LogP contribution >= 0.6 is 43.5 Å². The minimum Gasteiger partial charge on any atom is -0.351 e. The molecule has 1 rings (SSSR count). The first-order valence-electron chi connectivity index (χ1n) is 5.15. The van der Waals surface area contributed by atoms with E-state index in [-0.39, 0.29) is 11.3 Å². The maximum Gasteiger partial charge on any atom is 0.252 e. The summed E-state index contributed by atoms with van der Waals surface area (Å²) in [6.07, 6.45) is 0. The number of hydrogen-bond acceptors (Lipinski definition) is 1. The molecule has 2 nitrogen and oxygen atoms in total. The van der Waals surface area contributed by atoms with Gasteiger partial charge in [-0.25, -0.2) is 0 Å². The van der Waals surface area contributed by atoms with Gasteiger partial charge in [-0.1, -0.05) is 57.3 Å². The standard InChI is InChI=1S/C12H14Br2ClNO/c1-12(2,6-13)7-16-11(17)9-4-3-8(14)5-10(9)15/h3-5H,6-7H2,1-2H3,(H,16,17). The zero-order chi connectivity index (χ0) is 13.1. The van der Waals surface area contributed by atoms with Crippen LogP contribution in [0.25, 0.3) is 0 Å². The molecule has 0 unspecified atom stereocenters. The van der Waals surface area contributed by atoms with E-state index in [0.717, 1.165) is 9.80 Å². The molecule has 0 aromatic heterocycles. The molecule has 0 aliphatic heterocycles. The molecule has 0 fully saturated rings. The first kappa shape index (κ1) is 15.0. The molecule has 0 radical (unpaired) electrons. The van der Waals surface area contributed by atoms with Crippen molar-refractivity contribution in [3.8, 4) is 0 Å². The second-order valence-corrected chi connectivity index (χ2v) is 6.49. The maximum absolute atomic E-state index is 11.9. The van der Waals surface area contributed by atoms with Crippen LogP contribution in [0.5, 0.6) is 0 Å². The number of amides is 1. The highest BCUT2D eigenvalue weighted by atomic mass is 79.9. The molecule has 0 saturated carbocycles. The second-order valence-electron chi connectivity index (χ2n) is 4.60. The lowest BCUT2D eigenvalue weighted by atomic mass is 9.97. The first-order chi connectivity index (χ1) is 7.85. The molecule has 0 aliphatic rings. The van der Waals surface area contributed by atoms with Gasteiger partial charge in [0.2, 0.25) is 0 Å². The fraction of sp³-hybridized carbons (Fsp3) is 0.417. The van der Waals surface area contributed by atoms with Crippen LogP contribution in [0.3, 0.4) is 0 Å². The second kappa shape index (κ2) is 6.21. The Labute approximate surface area is 123 Å². The minimum absolute atomic E-state index is 0.0253. The third-order valence-corrected chi connectivity index (χ3v) is 4.59. The number of hydrogen-bond donors (Lipinski definition) is 1. The molecule has 0 atom stereocenters. The van der Waals surface area contributed by atoms with E-state index in [9.17, 15) is 4.79 Å². The molecule has 17 heavy (non-hydrogen) atoms. The van der Waals surface area contributed by atoms with E-state index in [2.05, 4.69) is 51.0 Å². The third-order valence-electron chi connectivity index (χ3n) is 2.27.